The molecule has 3 nitrogen and oxygen atoms in total. The predicted octanol–water partition coefficient (Wildman–Crippen LogP) is 2.90. The van der Waals surface area contributed by atoms with Gasteiger partial charge in [-0.2, -0.15) is 0 Å². The summed E-state index contributed by atoms with van der Waals surface area (Å²) >= 11 is 0. The maximum atomic E-state index is 6.38. The summed E-state index contributed by atoms with van der Waals surface area (Å²) in [5, 5.41) is 0. The van der Waals surface area contributed by atoms with E-state index in [-0.39, 0.29) is 6.04 Å². The van der Waals surface area contributed by atoms with Crippen LogP contribution in [0.3, 0.4) is 0 Å². The fourth-order valence-electron chi connectivity index (χ4n) is 2.40. The fourth-order valence-corrected chi connectivity index (χ4v) is 2.40. The summed E-state index contributed by atoms with van der Waals surface area (Å²) in [6, 6.07) is 8.12. The highest BCUT2D eigenvalue weighted by molar-refractivity contribution is 5.36. The van der Waals surface area contributed by atoms with Crippen LogP contribution in [0.2, 0.25) is 0 Å². The van der Waals surface area contributed by atoms with Gasteiger partial charge in [-0.25, -0.2) is 0 Å². The van der Waals surface area contributed by atoms with E-state index >= 15 is 0 Å². The van der Waals surface area contributed by atoms with Crippen LogP contribution in [0.5, 0.6) is 5.75 Å². The Kier molecular flexibility index (Phi) is 5.02. The summed E-state index contributed by atoms with van der Waals surface area (Å²) < 4.78 is 11.3. The zero-order valence-corrected chi connectivity index (χ0v) is 11.1. The normalized spacial score (nSPS) is 21.6. The van der Waals surface area contributed by atoms with E-state index in [2.05, 4.69) is 13.0 Å². The van der Waals surface area contributed by atoms with E-state index in [9.17, 15) is 0 Å². The van der Waals surface area contributed by atoms with Crippen LogP contribution in [0.1, 0.15) is 37.8 Å². The van der Waals surface area contributed by atoms with Crippen molar-refractivity contribution in [1.82, 2.24) is 0 Å². The monoisotopic (exact) mass is 249 g/mol. The molecule has 3 heteroatoms. The zero-order chi connectivity index (χ0) is 12.8. The van der Waals surface area contributed by atoms with Crippen molar-refractivity contribution < 1.29 is 9.47 Å². The Morgan fingerprint density at radius 2 is 2.28 bits per heavy atom. The number of hydrogen-bond donors (Lipinski definition) is 1. The molecule has 18 heavy (non-hydrogen) atoms. The van der Waals surface area contributed by atoms with Gasteiger partial charge in [0.05, 0.1) is 13.2 Å². The molecule has 1 heterocycles. The maximum Gasteiger partial charge on any atom is 0.124 e. The Balaban J connectivity index is 2.10. The van der Waals surface area contributed by atoms with Gasteiger partial charge in [-0.05, 0) is 25.3 Å². The molecule has 1 aliphatic heterocycles. The lowest BCUT2D eigenvalue weighted by Gasteiger charge is -2.28. The smallest absolute Gasteiger partial charge is 0.124 e. The molecule has 0 spiro atoms. The molecule has 2 N–H and O–H groups in total. The van der Waals surface area contributed by atoms with Crippen molar-refractivity contribution in [3.8, 4) is 5.75 Å². The van der Waals surface area contributed by atoms with Gasteiger partial charge >= 0.3 is 0 Å². The molecule has 0 aliphatic carbocycles. The Labute approximate surface area is 109 Å². The minimum atomic E-state index is 0.0124. The third-order valence-corrected chi connectivity index (χ3v) is 3.44. The molecular weight excluding hydrogens is 226 g/mol. The fraction of sp³-hybridized carbons (Fsp3) is 0.600. The van der Waals surface area contributed by atoms with Gasteiger partial charge in [0.15, 0.2) is 0 Å². The van der Waals surface area contributed by atoms with Crippen molar-refractivity contribution in [1.29, 1.82) is 0 Å². The number of para-hydroxylation sites is 1. The molecule has 2 unspecified atom stereocenters. The first-order valence-corrected chi connectivity index (χ1v) is 6.88. The van der Waals surface area contributed by atoms with Crippen LogP contribution in [0.25, 0.3) is 0 Å². The highest BCUT2D eigenvalue weighted by Gasteiger charge is 2.24. The van der Waals surface area contributed by atoms with E-state index in [1.165, 1.54) is 0 Å². The lowest BCUT2D eigenvalue weighted by molar-refractivity contribution is 0.0444. The van der Waals surface area contributed by atoms with Gasteiger partial charge in [-0.15, -0.1) is 0 Å². The van der Waals surface area contributed by atoms with Crippen LogP contribution in [0, 0.1) is 5.92 Å². The van der Waals surface area contributed by atoms with Crippen LogP contribution in [-0.4, -0.2) is 19.8 Å². The SMILES string of the molecule is CCCOc1ccccc1C(N)C1CCCOC1. The summed E-state index contributed by atoms with van der Waals surface area (Å²) in [5.41, 5.74) is 7.49. The number of nitrogens with two attached hydrogens (primary N) is 1. The highest BCUT2D eigenvalue weighted by atomic mass is 16.5. The van der Waals surface area contributed by atoms with Crippen LogP contribution < -0.4 is 10.5 Å². The first-order chi connectivity index (χ1) is 8.83. The van der Waals surface area contributed by atoms with E-state index in [0.717, 1.165) is 50.4 Å². The number of rotatable bonds is 5. The Morgan fingerprint density at radius 3 is 3.00 bits per heavy atom. The molecular formula is C15H23NO2. The Hall–Kier alpha value is -1.06. The molecule has 1 fully saturated rings. The summed E-state index contributed by atoms with van der Waals surface area (Å²) in [5.74, 6) is 1.34. The van der Waals surface area contributed by atoms with Crippen molar-refractivity contribution in [2.45, 2.75) is 32.2 Å². The van der Waals surface area contributed by atoms with Gasteiger partial charge in [-0.3, -0.25) is 0 Å². The van der Waals surface area contributed by atoms with E-state index in [4.69, 9.17) is 15.2 Å². The Morgan fingerprint density at radius 1 is 1.44 bits per heavy atom. The standard InChI is InChI=1S/C15H23NO2/c1-2-9-18-14-8-4-3-7-13(14)15(16)12-6-5-10-17-11-12/h3-4,7-8,12,15H,2,5-6,9-11,16H2,1H3. The van der Waals surface area contributed by atoms with Crippen LogP contribution >= 0.6 is 0 Å². The lowest BCUT2D eigenvalue weighted by Crippen LogP contribution is -2.29. The summed E-state index contributed by atoms with van der Waals surface area (Å²) in [6.07, 6.45) is 3.26. The molecule has 1 aliphatic rings. The second kappa shape index (κ2) is 6.76. The lowest BCUT2D eigenvalue weighted by atomic mass is 9.89. The van der Waals surface area contributed by atoms with E-state index in [0.29, 0.717) is 5.92 Å². The Bertz CT molecular complexity index is 361. The minimum Gasteiger partial charge on any atom is -0.493 e. The molecule has 1 aromatic carbocycles. The molecule has 0 amide bonds. The van der Waals surface area contributed by atoms with E-state index < -0.39 is 0 Å². The minimum absolute atomic E-state index is 0.0124. The van der Waals surface area contributed by atoms with Crippen molar-refractivity contribution in [3.63, 3.8) is 0 Å². The molecule has 2 rings (SSSR count). The molecule has 1 saturated heterocycles. The highest BCUT2D eigenvalue weighted by Crippen LogP contribution is 2.32. The number of benzene rings is 1. The first-order valence-electron chi connectivity index (χ1n) is 6.88. The molecule has 100 valence electrons. The summed E-state index contributed by atoms with van der Waals surface area (Å²) in [7, 11) is 0. The maximum absolute atomic E-state index is 6.38. The van der Waals surface area contributed by atoms with Crippen molar-refractivity contribution in [2.75, 3.05) is 19.8 Å². The quantitative estimate of drug-likeness (QED) is 0.872. The molecule has 0 aromatic heterocycles. The predicted molar refractivity (Wildman–Crippen MR) is 72.7 cm³/mol. The third-order valence-electron chi connectivity index (χ3n) is 3.44. The molecule has 0 bridgehead atoms. The molecule has 2 atom stereocenters. The van der Waals surface area contributed by atoms with Gasteiger partial charge in [0.25, 0.3) is 0 Å². The van der Waals surface area contributed by atoms with Crippen LogP contribution in [0.4, 0.5) is 0 Å². The second-order valence-corrected chi connectivity index (χ2v) is 4.89. The summed E-state index contributed by atoms with van der Waals surface area (Å²) in [4.78, 5) is 0. The average molecular weight is 249 g/mol. The first kappa shape index (κ1) is 13.4. The number of hydrogen-bond acceptors (Lipinski definition) is 3. The van der Waals surface area contributed by atoms with Crippen molar-refractivity contribution >= 4 is 0 Å². The summed E-state index contributed by atoms with van der Waals surface area (Å²) in [6.45, 7) is 4.49. The molecule has 0 saturated carbocycles. The number of ether oxygens (including phenoxy) is 2. The molecule has 0 radical (unpaired) electrons. The largest absolute Gasteiger partial charge is 0.493 e. The van der Waals surface area contributed by atoms with Gasteiger partial charge < -0.3 is 15.2 Å². The topological polar surface area (TPSA) is 44.5 Å². The van der Waals surface area contributed by atoms with E-state index in [1.807, 2.05) is 18.2 Å². The van der Waals surface area contributed by atoms with Gasteiger partial charge in [0, 0.05) is 24.1 Å². The van der Waals surface area contributed by atoms with Crippen LogP contribution in [0.15, 0.2) is 24.3 Å². The second-order valence-electron chi connectivity index (χ2n) is 4.89. The van der Waals surface area contributed by atoms with Crippen molar-refractivity contribution in [3.05, 3.63) is 29.8 Å². The molecule has 1 aromatic rings. The zero-order valence-electron chi connectivity index (χ0n) is 11.1. The van der Waals surface area contributed by atoms with Gasteiger partial charge in [-0.1, -0.05) is 25.1 Å². The van der Waals surface area contributed by atoms with E-state index in [1.54, 1.807) is 0 Å². The average Bonchev–Trinajstić information content (AvgIpc) is 2.45. The third kappa shape index (κ3) is 3.24. The van der Waals surface area contributed by atoms with Gasteiger partial charge in [0.1, 0.15) is 5.75 Å². The van der Waals surface area contributed by atoms with Gasteiger partial charge in [0.2, 0.25) is 0 Å². The van der Waals surface area contributed by atoms with Crippen LogP contribution in [-0.2, 0) is 4.74 Å². The van der Waals surface area contributed by atoms with Crippen molar-refractivity contribution in [2.24, 2.45) is 11.7 Å².